The first-order chi connectivity index (χ1) is 24.2. The van der Waals surface area contributed by atoms with E-state index in [1.807, 2.05) is 0 Å². The fraction of sp³-hybridized carbons (Fsp3) is 0.289. The summed E-state index contributed by atoms with van der Waals surface area (Å²) in [6.45, 7) is 13.7. The van der Waals surface area contributed by atoms with Gasteiger partial charge in [0.2, 0.25) is 0 Å². The van der Waals surface area contributed by atoms with Crippen molar-refractivity contribution in [3.63, 3.8) is 0 Å². The van der Waals surface area contributed by atoms with E-state index in [-0.39, 0.29) is 31.9 Å². The van der Waals surface area contributed by atoms with Crippen LogP contribution in [0.5, 0.6) is 0 Å². The molecule has 1 unspecified atom stereocenters. The van der Waals surface area contributed by atoms with Crippen molar-refractivity contribution in [2.24, 2.45) is 0 Å². The SMILES string of the molecule is C=[n+]1c(C([N-]c2c(C(C)C)cccc2C(C)C)c2cccc3ccccc23)ccc/c1=C1/C=C[CH-]c2ccccc21.C[N-]C.C[N-]C.C[N-]C.[Hf+4]. The molecule has 6 heteroatoms. The number of para-hydroxylation sites is 1. The van der Waals surface area contributed by atoms with Crippen LogP contribution in [0.4, 0.5) is 5.69 Å². The van der Waals surface area contributed by atoms with Gasteiger partial charge in [-0.2, -0.15) is 46.5 Å². The van der Waals surface area contributed by atoms with Crippen molar-refractivity contribution in [2.75, 3.05) is 42.3 Å². The number of aromatic nitrogens is 1. The molecule has 1 aliphatic carbocycles. The first kappa shape index (κ1) is 43.4. The first-order valence-corrected chi connectivity index (χ1v) is 17.3. The molecule has 1 heterocycles. The van der Waals surface area contributed by atoms with Gasteiger partial charge in [0.05, 0.1) is 0 Å². The molecule has 0 bridgehead atoms. The van der Waals surface area contributed by atoms with Crippen molar-refractivity contribution in [3.8, 4) is 0 Å². The summed E-state index contributed by atoms with van der Waals surface area (Å²) in [5, 5.41) is 19.7. The monoisotopic (exact) mass is 845 g/mol. The van der Waals surface area contributed by atoms with Crippen molar-refractivity contribution in [1.29, 1.82) is 0 Å². The number of nitrogens with zero attached hydrogens (tertiary/aromatic N) is 5. The summed E-state index contributed by atoms with van der Waals surface area (Å²) in [6.07, 6.45) is 6.49. The Balaban J connectivity index is 0.000000819. The number of hydrogen-bond donors (Lipinski definition) is 0. The zero-order valence-electron chi connectivity index (χ0n) is 32.2. The van der Waals surface area contributed by atoms with Crippen molar-refractivity contribution in [1.82, 2.24) is 0 Å². The third kappa shape index (κ3) is 11.1. The second-order valence-electron chi connectivity index (χ2n) is 12.8. The molecule has 5 nitrogen and oxygen atoms in total. The minimum atomic E-state index is -0.245. The molecule has 0 saturated heterocycles. The number of fused-ring (bicyclic) bond motifs is 2. The van der Waals surface area contributed by atoms with Gasteiger partial charge in [-0.15, -0.1) is 42.0 Å². The smallest absolute Gasteiger partial charge is 0.669 e. The summed E-state index contributed by atoms with van der Waals surface area (Å²) in [6, 6.07) is 36.7. The zero-order valence-corrected chi connectivity index (χ0v) is 35.8. The van der Waals surface area contributed by atoms with Crippen molar-refractivity contribution < 1.29 is 30.1 Å². The van der Waals surface area contributed by atoms with E-state index >= 15 is 0 Å². The van der Waals surface area contributed by atoms with E-state index in [0.717, 1.165) is 16.7 Å². The third-order valence-corrected chi connectivity index (χ3v) is 8.19. The van der Waals surface area contributed by atoms with E-state index in [0.29, 0.717) is 11.8 Å². The fourth-order valence-corrected chi connectivity index (χ4v) is 6.05. The zero-order chi connectivity index (χ0) is 36.6. The van der Waals surface area contributed by atoms with Crippen LogP contribution in [0.25, 0.3) is 37.6 Å². The molecule has 6 rings (SSSR count). The van der Waals surface area contributed by atoms with Crippen LogP contribution < -0.4 is 9.59 Å². The van der Waals surface area contributed by atoms with Gasteiger partial charge in [0.15, 0.2) is 11.0 Å². The molecular formula is C45H55HfN5. The molecule has 4 aromatic carbocycles. The molecule has 51 heavy (non-hydrogen) atoms. The van der Waals surface area contributed by atoms with Crippen LogP contribution in [0.2, 0.25) is 0 Å². The quantitative estimate of drug-likeness (QED) is 0.0929. The van der Waals surface area contributed by atoms with Crippen molar-refractivity contribution in [2.45, 2.75) is 45.6 Å². The number of rotatable bonds is 6. The van der Waals surface area contributed by atoms with Crippen LogP contribution in [-0.4, -0.2) is 42.3 Å². The molecule has 0 fully saturated rings. The Kier molecular flexibility index (Phi) is 18.9. The molecule has 0 saturated carbocycles. The van der Waals surface area contributed by atoms with Gasteiger partial charge in [-0.1, -0.05) is 117 Å². The van der Waals surface area contributed by atoms with Crippen molar-refractivity contribution >= 4 is 22.0 Å². The molecular weight excluding hydrogens is 789 g/mol. The fourth-order valence-electron chi connectivity index (χ4n) is 6.05. The van der Waals surface area contributed by atoms with E-state index in [9.17, 15) is 0 Å². The van der Waals surface area contributed by atoms with E-state index in [1.54, 1.807) is 42.3 Å². The van der Waals surface area contributed by atoms with Crippen LogP contribution >= 0.6 is 0 Å². The molecule has 1 aromatic heterocycles. The molecule has 1 atom stereocenters. The van der Waals surface area contributed by atoms with Crippen molar-refractivity contribution in [3.05, 3.63) is 189 Å². The number of hydrogen-bond acceptors (Lipinski definition) is 0. The van der Waals surface area contributed by atoms with Gasteiger partial charge in [0, 0.05) is 12.1 Å². The Labute approximate surface area is 326 Å². The van der Waals surface area contributed by atoms with Gasteiger partial charge in [-0.3, -0.25) is 0 Å². The Morgan fingerprint density at radius 3 is 1.75 bits per heavy atom. The van der Waals surface area contributed by atoms with Crippen LogP contribution in [0.1, 0.15) is 79.1 Å². The predicted octanol–water partition coefficient (Wildman–Crippen LogP) is 11.0. The normalized spacial score (nSPS) is 12.9. The molecule has 5 aromatic rings. The molecule has 0 spiro atoms. The van der Waals surface area contributed by atoms with E-state index < -0.39 is 0 Å². The summed E-state index contributed by atoms with van der Waals surface area (Å²) in [4.78, 5) is 0. The van der Waals surface area contributed by atoms with Gasteiger partial charge in [0.1, 0.15) is 6.72 Å². The maximum atomic E-state index is 5.69. The summed E-state index contributed by atoms with van der Waals surface area (Å²) >= 11 is 0. The van der Waals surface area contributed by atoms with Gasteiger partial charge in [-0.05, 0) is 45.9 Å². The molecule has 1 aliphatic rings. The maximum absolute atomic E-state index is 5.69. The van der Waals surface area contributed by atoms with Gasteiger partial charge >= 0.3 is 25.8 Å². The molecule has 0 N–H and O–H groups in total. The van der Waals surface area contributed by atoms with Crippen LogP contribution in [0, 0.1) is 13.1 Å². The summed E-state index contributed by atoms with van der Waals surface area (Å²) in [5.41, 5.74) is 9.51. The predicted molar refractivity (Wildman–Crippen MR) is 218 cm³/mol. The van der Waals surface area contributed by atoms with Gasteiger partial charge < -0.3 is 21.3 Å². The van der Waals surface area contributed by atoms with Gasteiger partial charge in [0.25, 0.3) is 0 Å². The summed E-state index contributed by atoms with van der Waals surface area (Å²) in [7, 11) is 10.5. The second-order valence-corrected chi connectivity index (χ2v) is 12.8. The van der Waals surface area contributed by atoms with Gasteiger partial charge in [-0.25, -0.2) is 0 Å². The van der Waals surface area contributed by atoms with E-state index in [1.165, 1.54) is 44.2 Å². The largest absolute Gasteiger partial charge is 4.00 e. The average Bonchev–Trinajstić information content (AvgIpc) is 3.11. The summed E-state index contributed by atoms with van der Waals surface area (Å²) in [5.74, 6) is 0.712. The summed E-state index contributed by atoms with van der Waals surface area (Å²) < 4.78 is 2.10. The Bertz CT molecular complexity index is 1910. The standard InChI is InChI=1S/C39H37N2.3C2H6N.Hf/c1-26(2)30-20-12-21-31(27(3)4)38(30)40-39(35-23-11-17-29-15-7-9-19-33(29)35)37-25-13-24-36(41(37)5)34-22-10-16-28-14-6-8-18-32(28)34;3*1-3-2;/h6-27,39H,5H2,1-4H3;3*1-2H3;/q4*-1;+4/b36-34+;;;;. The van der Waals surface area contributed by atoms with Crippen LogP contribution in [0.3, 0.4) is 0 Å². The Morgan fingerprint density at radius 2 is 1.12 bits per heavy atom. The number of benzene rings is 4. The third-order valence-electron chi connectivity index (χ3n) is 8.19. The average molecular weight is 844 g/mol. The molecule has 264 valence electrons. The minimum Gasteiger partial charge on any atom is -0.669 e. The molecule has 0 radical (unpaired) electrons. The number of allylic oxidation sites excluding steroid dienone is 2. The Hall–Kier alpha value is -3.81. The Morgan fingerprint density at radius 1 is 0.608 bits per heavy atom. The molecule has 0 amide bonds. The second kappa shape index (κ2) is 22.2. The minimum absolute atomic E-state index is 0. The van der Waals surface area contributed by atoms with E-state index in [2.05, 4.69) is 176 Å². The van der Waals surface area contributed by atoms with Crippen LogP contribution in [-0.2, 0) is 25.8 Å². The van der Waals surface area contributed by atoms with E-state index in [4.69, 9.17) is 5.32 Å². The topological polar surface area (TPSA) is 62.3 Å². The first-order valence-electron chi connectivity index (χ1n) is 17.3. The molecule has 0 aliphatic heterocycles. The number of pyridine rings is 1. The van der Waals surface area contributed by atoms with Crippen LogP contribution in [0.15, 0.2) is 115 Å². The maximum Gasteiger partial charge on any atom is 4.00 e.